The molecular weight excluding hydrogens is 326 g/mol. The van der Waals surface area contributed by atoms with Gasteiger partial charge in [0.25, 0.3) is 5.91 Å². The molecule has 0 spiro atoms. The number of benzene rings is 2. The lowest BCUT2D eigenvalue weighted by Gasteiger charge is -2.19. The highest BCUT2D eigenvalue weighted by Gasteiger charge is 2.15. The molecule has 0 saturated heterocycles. The van der Waals surface area contributed by atoms with E-state index in [1.807, 2.05) is 43.3 Å². The summed E-state index contributed by atoms with van der Waals surface area (Å²) in [7, 11) is 0. The Labute approximate surface area is 156 Å². The van der Waals surface area contributed by atoms with Crippen LogP contribution in [0.2, 0.25) is 0 Å². The average molecular weight is 355 g/mol. The highest BCUT2D eigenvalue weighted by Crippen LogP contribution is 2.24. The Morgan fingerprint density at radius 1 is 1.08 bits per heavy atom. The fourth-order valence-corrected chi connectivity index (χ4v) is 2.48. The van der Waals surface area contributed by atoms with Gasteiger partial charge in [-0.3, -0.25) is 4.79 Å². The highest BCUT2D eigenvalue weighted by atomic mass is 16.5. The standard InChI is InChI=1S/C22H29NO3/c1-16-7-6-8-20(15-16)26-17(2)21(24)23-13-14-25-19-11-9-18(10-12-19)22(3,4)5/h6-12,15,17H,13-14H2,1-5H3,(H,23,24)/t17-/m1/s1. The first-order valence-corrected chi connectivity index (χ1v) is 9.00. The molecule has 2 aromatic rings. The second-order valence-corrected chi connectivity index (χ2v) is 7.49. The Morgan fingerprint density at radius 2 is 1.77 bits per heavy atom. The zero-order chi connectivity index (χ0) is 19.2. The first kappa shape index (κ1) is 19.8. The van der Waals surface area contributed by atoms with Crippen LogP contribution in [0.1, 0.15) is 38.8 Å². The number of carbonyl (C=O) groups is 1. The van der Waals surface area contributed by atoms with Crippen LogP contribution >= 0.6 is 0 Å². The Morgan fingerprint density at radius 3 is 2.38 bits per heavy atom. The maximum atomic E-state index is 12.1. The lowest BCUT2D eigenvalue weighted by atomic mass is 9.87. The van der Waals surface area contributed by atoms with E-state index in [0.29, 0.717) is 18.9 Å². The van der Waals surface area contributed by atoms with Crippen LogP contribution in [0.25, 0.3) is 0 Å². The molecule has 0 radical (unpaired) electrons. The fourth-order valence-electron chi connectivity index (χ4n) is 2.48. The first-order chi connectivity index (χ1) is 12.3. The van der Waals surface area contributed by atoms with Crippen molar-refractivity contribution >= 4 is 5.91 Å². The molecule has 4 nitrogen and oxygen atoms in total. The molecular formula is C22H29NO3. The SMILES string of the molecule is Cc1cccc(O[C@H](C)C(=O)NCCOc2ccc(C(C)(C)C)cc2)c1. The average Bonchev–Trinajstić information content (AvgIpc) is 2.58. The van der Waals surface area contributed by atoms with Crippen molar-refractivity contribution in [1.29, 1.82) is 0 Å². The summed E-state index contributed by atoms with van der Waals surface area (Å²) >= 11 is 0. The first-order valence-electron chi connectivity index (χ1n) is 9.00. The zero-order valence-electron chi connectivity index (χ0n) is 16.3. The van der Waals surface area contributed by atoms with Gasteiger partial charge in [0.1, 0.15) is 18.1 Å². The third-order valence-corrected chi connectivity index (χ3v) is 4.06. The van der Waals surface area contributed by atoms with E-state index in [9.17, 15) is 4.79 Å². The lowest BCUT2D eigenvalue weighted by Crippen LogP contribution is -2.38. The molecule has 0 fully saturated rings. The summed E-state index contributed by atoms with van der Waals surface area (Å²) in [4.78, 5) is 12.1. The number of aryl methyl sites for hydroxylation is 1. The molecule has 0 aliphatic heterocycles. The number of carbonyl (C=O) groups excluding carboxylic acids is 1. The quantitative estimate of drug-likeness (QED) is 0.755. The lowest BCUT2D eigenvalue weighted by molar-refractivity contribution is -0.127. The molecule has 0 aromatic heterocycles. The molecule has 4 heteroatoms. The maximum absolute atomic E-state index is 12.1. The highest BCUT2D eigenvalue weighted by molar-refractivity contribution is 5.80. The summed E-state index contributed by atoms with van der Waals surface area (Å²) in [5, 5.41) is 2.83. The number of hydrogen-bond acceptors (Lipinski definition) is 3. The molecule has 26 heavy (non-hydrogen) atoms. The molecule has 0 aliphatic carbocycles. The summed E-state index contributed by atoms with van der Waals surface area (Å²) in [6.07, 6.45) is -0.553. The van der Waals surface area contributed by atoms with Crippen LogP contribution in [0, 0.1) is 6.92 Å². The van der Waals surface area contributed by atoms with Gasteiger partial charge in [0.15, 0.2) is 6.10 Å². The van der Waals surface area contributed by atoms with E-state index in [-0.39, 0.29) is 11.3 Å². The van der Waals surface area contributed by atoms with Crippen LogP contribution in [-0.2, 0) is 10.2 Å². The van der Waals surface area contributed by atoms with Gasteiger partial charge in [-0.2, -0.15) is 0 Å². The van der Waals surface area contributed by atoms with Gasteiger partial charge in [-0.15, -0.1) is 0 Å². The van der Waals surface area contributed by atoms with E-state index in [1.165, 1.54) is 5.56 Å². The van der Waals surface area contributed by atoms with Gasteiger partial charge in [0, 0.05) is 0 Å². The van der Waals surface area contributed by atoms with Gasteiger partial charge in [0.2, 0.25) is 0 Å². The Bertz CT molecular complexity index is 717. The molecule has 2 rings (SSSR count). The Hall–Kier alpha value is -2.49. The largest absolute Gasteiger partial charge is 0.492 e. The van der Waals surface area contributed by atoms with Crippen molar-refractivity contribution in [2.24, 2.45) is 0 Å². The van der Waals surface area contributed by atoms with Crippen molar-refractivity contribution in [1.82, 2.24) is 5.32 Å². The van der Waals surface area contributed by atoms with Crippen molar-refractivity contribution in [3.63, 3.8) is 0 Å². The number of ether oxygens (including phenoxy) is 2. The summed E-state index contributed by atoms with van der Waals surface area (Å²) in [6.45, 7) is 11.1. The minimum Gasteiger partial charge on any atom is -0.492 e. The van der Waals surface area contributed by atoms with Crippen LogP contribution < -0.4 is 14.8 Å². The van der Waals surface area contributed by atoms with Crippen LogP contribution in [0.15, 0.2) is 48.5 Å². The second kappa shape index (κ2) is 8.75. The molecule has 0 unspecified atom stereocenters. The second-order valence-electron chi connectivity index (χ2n) is 7.49. The van der Waals surface area contributed by atoms with Gasteiger partial charge in [-0.1, -0.05) is 45.0 Å². The predicted octanol–water partition coefficient (Wildman–Crippen LogP) is 4.26. The van der Waals surface area contributed by atoms with E-state index < -0.39 is 6.10 Å². The molecule has 0 bridgehead atoms. The number of hydrogen-bond donors (Lipinski definition) is 1. The van der Waals surface area contributed by atoms with Crippen LogP contribution in [0.5, 0.6) is 11.5 Å². The van der Waals surface area contributed by atoms with Crippen LogP contribution in [0.4, 0.5) is 0 Å². The van der Waals surface area contributed by atoms with Gasteiger partial charge in [-0.25, -0.2) is 0 Å². The normalized spacial score (nSPS) is 12.3. The summed E-state index contributed by atoms with van der Waals surface area (Å²) in [6, 6.07) is 15.7. The Balaban J connectivity index is 1.72. The van der Waals surface area contributed by atoms with Crippen LogP contribution in [0.3, 0.4) is 0 Å². The molecule has 0 aliphatic rings. The summed E-state index contributed by atoms with van der Waals surface area (Å²) < 4.78 is 11.3. The minimum atomic E-state index is -0.553. The summed E-state index contributed by atoms with van der Waals surface area (Å²) in [5.41, 5.74) is 2.49. The number of amides is 1. The van der Waals surface area contributed by atoms with Gasteiger partial charge >= 0.3 is 0 Å². The predicted molar refractivity (Wildman–Crippen MR) is 105 cm³/mol. The third kappa shape index (κ3) is 6.10. The van der Waals surface area contributed by atoms with Crippen molar-refractivity contribution in [3.8, 4) is 11.5 Å². The zero-order valence-corrected chi connectivity index (χ0v) is 16.3. The maximum Gasteiger partial charge on any atom is 0.260 e. The van der Waals surface area contributed by atoms with E-state index in [4.69, 9.17) is 9.47 Å². The molecule has 0 heterocycles. The minimum absolute atomic E-state index is 0.125. The Kier molecular flexibility index (Phi) is 6.67. The summed E-state index contributed by atoms with van der Waals surface area (Å²) in [5.74, 6) is 1.34. The number of nitrogens with one attached hydrogen (secondary N) is 1. The van der Waals surface area contributed by atoms with Crippen molar-refractivity contribution < 1.29 is 14.3 Å². The molecule has 1 atom stereocenters. The van der Waals surface area contributed by atoms with E-state index >= 15 is 0 Å². The van der Waals surface area contributed by atoms with Gasteiger partial charge in [-0.05, 0) is 54.7 Å². The molecule has 1 amide bonds. The van der Waals surface area contributed by atoms with Gasteiger partial charge < -0.3 is 14.8 Å². The molecule has 140 valence electrons. The van der Waals surface area contributed by atoms with Crippen LogP contribution in [-0.4, -0.2) is 25.2 Å². The molecule has 2 aromatic carbocycles. The fraction of sp³-hybridized carbons (Fsp3) is 0.409. The topological polar surface area (TPSA) is 47.6 Å². The number of rotatable bonds is 7. The smallest absolute Gasteiger partial charge is 0.260 e. The third-order valence-electron chi connectivity index (χ3n) is 4.06. The van der Waals surface area contributed by atoms with Crippen molar-refractivity contribution in [3.05, 3.63) is 59.7 Å². The van der Waals surface area contributed by atoms with E-state index in [0.717, 1.165) is 11.3 Å². The monoisotopic (exact) mass is 355 g/mol. The molecule has 1 N–H and O–H groups in total. The van der Waals surface area contributed by atoms with E-state index in [1.54, 1.807) is 6.92 Å². The van der Waals surface area contributed by atoms with E-state index in [2.05, 4.69) is 38.2 Å². The van der Waals surface area contributed by atoms with Crippen molar-refractivity contribution in [2.45, 2.75) is 46.1 Å². The van der Waals surface area contributed by atoms with Gasteiger partial charge in [0.05, 0.1) is 6.54 Å². The molecule has 0 saturated carbocycles. The van der Waals surface area contributed by atoms with Crippen molar-refractivity contribution in [2.75, 3.05) is 13.2 Å².